The van der Waals surface area contributed by atoms with Crippen LogP contribution in [0.5, 0.6) is 5.75 Å². The van der Waals surface area contributed by atoms with Crippen LogP contribution >= 0.6 is 27.3 Å². The SMILES string of the molecule is COc1ccc2nc(N3CC(C(=O)Nc4ccc(Br)cc4)C3)sc2c1. The Morgan fingerprint density at radius 1 is 1.28 bits per heavy atom. The Kier molecular flexibility index (Phi) is 4.35. The number of nitrogens with zero attached hydrogens (tertiary/aromatic N) is 2. The molecule has 0 spiro atoms. The molecular formula is C18H16BrN3O2S. The number of carbonyl (C=O) groups excluding carboxylic acids is 1. The van der Waals surface area contributed by atoms with E-state index in [9.17, 15) is 4.79 Å². The molecule has 0 atom stereocenters. The van der Waals surface area contributed by atoms with Gasteiger partial charge in [-0.2, -0.15) is 0 Å². The topological polar surface area (TPSA) is 54.5 Å². The monoisotopic (exact) mass is 417 g/mol. The summed E-state index contributed by atoms with van der Waals surface area (Å²) < 4.78 is 7.34. The fourth-order valence-electron chi connectivity index (χ4n) is 2.73. The maximum absolute atomic E-state index is 12.3. The first-order valence-corrected chi connectivity index (χ1v) is 9.49. The largest absolute Gasteiger partial charge is 0.497 e. The number of hydrogen-bond donors (Lipinski definition) is 1. The Morgan fingerprint density at radius 3 is 2.76 bits per heavy atom. The summed E-state index contributed by atoms with van der Waals surface area (Å²) >= 11 is 5.02. The highest BCUT2D eigenvalue weighted by atomic mass is 79.9. The molecule has 3 aromatic rings. The smallest absolute Gasteiger partial charge is 0.231 e. The number of methoxy groups -OCH3 is 1. The van der Waals surface area contributed by atoms with Crippen molar-refractivity contribution < 1.29 is 9.53 Å². The highest BCUT2D eigenvalue weighted by molar-refractivity contribution is 9.10. The number of anilines is 2. The second-order valence-corrected chi connectivity index (χ2v) is 7.85. The second-order valence-electron chi connectivity index (χ2n) is 5.93. The Labute approximate surface area is 157 Å². The van der Waals surface area contributed by atoms with Crippen molar-refractivity contribution >= 4 is 54.2 Å². The normalized spacial score (nSPS) is 14.4. The van der Waals surface area contributed by atoms with E-state index in [4.69, 9.17) is 4.74 Å². The Morgan fingerprint density at radius 2 is 2.04 bits per heavy atom. The molecule has 7 heteroatoms. The summed E-state index contributed by atoms with van der Waals surface area (Å²) in [6.07, 6.45) is 0. The first-order valence-electron chi connectivity index (χ1n) is 7.88. The third kappa shape index (κ3) is 3.34. The third-order valence-corrected chi connectivity index (χ3v) is 5.83. The number of nitrogens with one attached hydrogen (secondary N) is 1. The maximum Gasteiger partial charge on any atom is 0.231 e. The van der Waals surface area contributed by atoms with Crippen molar-refractivity contribution in [3.63, 3.8) is 0 Å². The zero-order chi connectivity index (χ0) is 17.4. The van der Waals surface area contributed by atoms with E-state index in [0.717, 1.165) is 31.3 Å². The highest BCUT2D eigenvalue weighted by Gasteiger charge is 2.34. The van der Waals surface area contributed by atoms with Crippen molar-refractivity contribution in [2.75, 3.05) is 30.4 Å². The van der Waals surface area contributed by atoms with Gasteiger partial charge in [0.15, 0.2) is 5.13 Å². The predicted octanol–water partition coefficient (Wildman–Crippen LogP) is 4.14. The van der Waals surface area contributed by atoms with Gasteiger partial charge in [-0.15, -0.1) is 0 Å². The van der Waals surface area contributed by atoms with Crippen LogP contribution in [-0.2, 0) is 4.79 Å². The number of fused-ring (bicyclic) bond motifs is 1. The molecule has 1 amide bonds. The number of aromatic nitrogens is 1. The van der Waals surface area contributed by atoms with Gasteiger partial charge in [-0.05, 0) is 42.5 Å². The van der Waals surface area contributed by atoms with Gasteiger partial charge in [0.1, 0.15) is 5.75 Å². The molecule has 4 rings (SSSR count). The number of carbonyl (C=O) groups is 1. The quantitative estimate of drug-likeness (QED) is 0.692. The molecule has 25 heavy (non-hydrogen) atoms. The number of benzene rings is 2. The van der Waals surface area contributed by atoms with Crippen LogP contribution in [0.25, 0.3) is 10.2 Å². The van der Waals surface area contributed by atoms with E-state index < -0.39 is 0 Å². The van der Waals surface area contributed by atoms with Gasteiger partial charge >= 0.3 is 0 Å². The van der Waals surface area contributed by atoms with E-state index >= 15 is 0 Å². The average Bonchev–Trinajstić information content (AvgIpc) is 2.98. The molecule has 0 radical (unpaired) electrons. The van der Waals surface area contributed by atoms with Crippen molar-refractivity contribution in [2.24, 2.45) is 5.92 Å². The fraction of sp³-hybridized carbons (Fsp3) is 0.222. The average molecular weight is 418 g/mol. The molecule has 0 bridgehead atoms. The van der Waals surface area contributed by atoms with Crippen LogP contribution < -0.4 is 15.0 Å². The molecule has 128 valence electrons. The van der Waals surface area contributed by atoms with Crippen molar-refractivity contribution in [1.29, 1.82) is 0 Å². The summed E-state index contributed by atoms with van der Waals surface area (Å²) in [4.78, 5) is 19.1. The number of ether oxygens (including phenoxy) is 1. The van der Waals surface area contributed by atoms with Crippen LogP contribution in [0.4, 0.5) is 10.8 Å². The zero-order valence-corrected chi connectivity index (χ0v) is 15.9. The van der Waals surface area contributed by atoms with Crippen LogP contribution in [0.2, 0.25) is 0 Å². The lowest BCUT2D eigenvalue weighted by Crippen LogP contribution is -2.52. The van der Waals surface area contributed by atoms with Crippen molar-refractivity contribution in [1.82, 2.24) is 4.98 Å². The van der Waals surface area contributed by atoms with Gasteiger partial charge in [-0.25, -0.2) is 4.98 Å². The van der Waals surface area contributed by atoms with E-state index in [2.05, 4.69) is 31.1 Å². The van der Waals surface area contributed by atoms with Crippen molar-refractivity contribution in [2.45, 2.75) is 0 Å². The summed E-state index contributed by atoms with van der Waals surface area (Å²) in [5, 5.41) is 3.92. The summed E-state index contributed by atoms with van der Waals surface area (Å²) in [7, 11) is 1.66. The molecule has 5 nitrogen and oxygen atoms in total. The number of halogens is 1. The first-order chi connectivity index (χ1) is 12.1. The second kappa shape index (κ2) is 6.65. The minimum absolute atomic E-state index is 0.00908. The molecule has 0 aliphatic carbocycles. The van der Waals surface area contributed by atoms with Crippen LogP contribution in [0.3, 0.4) is 0 Å². The lowest BCUT2D eigenvalue weighted by atomic mass is 10.00. The summed E-state index contributed by atoms with van der Waals surface area (Å²) in [6.45, 7) is 1.39. The predicted molar refractivity (Wildman–Crippen MR) is 105 cm³/mol. The Balaban J connectivity index is 1.39. The molecule has 1 N–H and O–H groups in total. The minimum Gasteiger partial charge on any atom is -0.497 e. The molecule has 1 fully saturated rings. The van der Waals surface area contributed by atoms with E-state index in [1.165, 1.54) is 0 Å². The number of amides is 1. The molecule has 2 heterocycles. The van der Waals surface area contributed by atoms with Crippen LogP contribution in [0.1, 0.15) is 0 Å². The molecule has 1 aromatic heterocycles. The van der Waals surface area contributed by atoms with Gasteiger partial charge < -0.3 is 15.0 Å². The molecule has 1 aliphatic heterocycles. The number of rotatable bonds is 4. The molecule has 0 saturated carbocycles. The van der Waals surface area contributed by atoms with Crippen molar-refractivity contribution in [3.05, 3.63) is 46.9 Å². The third-order valence-electron chi connectivity index (χ3n) is 4.22. The molecule has 1 aliphatic rings. The van der Waals surface area contributed by atoms with Crippen LogP contribution in [0, 0.1) is 5.92 Å². The van der Waals surface area contributed by atoms with Gasteiger partial charge in [0.2, 0.25) is 5.91 Å². The summed E-state index contributed by atoms with van der Waals surface area (Å²) in [5.74, 6) is 0.879. The van der Waals surface area contributed by atoms with Crippen molar-refractivity contribution in [3.8, 4) is 5.75 Å². The molecular weight excluding hydrogens is 402 g/mol. The minimum atomic E-state index is -0.00908. The van der Waals surface area contributed by atoms with E-state index in [1.807, 2.05) is 42.5 Å². The Bertz CT molecular complexity index is 920. The van der Waals surface area contributed by atoms with E-state index in [1.54, 1.807) is 18.4 Å². The first kappa shape index (κ1) is 16.4. The van der Waals surface area contributed by atoms with Crippen LogP contribution in [-0.4, -0.2) is 31.1 Å². The van der Waals surface area contributed by atoms with Gasteiger partial charge in [0.25, 0.3) is 0 Å². The fourth-order valence-corrected chi connectivity index (χ4v) is 4.01. The van der Waals surface area contributed by atoms with E-state index in [0.29, 0.717) is 13.1 Å². The van der Waals surface area contributed by atoms with Crippen LogP contribution in [0.15, 0.2) is 46.9 Å². The number of thiazole rings is 1. The molecule has 2 aromatic carbocycles. The Hall–Kier alpha value is -2.12. The van der Waals surface area contributed by atoms with Gasteiger partial charge in [-0.1, -0.05) is 27.3 Å². The number of hydrogen-bond acceptors (Lipinski definition) is 5. The molecule has 0 unspecified atom stereocenters. The van der Waals surface area contributed by atoms with Gasteiger partial charge in [0, 0.05) is 23.2 Å². The van der Waals surface area contributed by atoms with Gasteiger partial charge in [-0.3, -0.25) is 4.79 Å². The lowest BCUT2D eigenvalue weighted by molar-refractivity contribution is -0.120. The standard InChI is InChI=1S/C18H16BrN3O2S/c1-24-14-6-7-15-16(8-14)25-18(21-15)22-9-11(10-22)17(23)20-13-4-2-12(19)3-5-13/h2-8,11H,9-10H2,1H3,(H,20,23). The molecule has 1 saturated heterocycles. The van der Waals surface area contributed by atoms with E-state index in [-0.39, 0.29) is 11.8 Å². The highest BCUT2D eigenvalue weighted by Crippen LogP contribution is 2.34. The summed E-state index contributed by atoms with van der Waals surface area (Å²) in [6, 6.07) is 13.5. The zero-order valence-electron chi connectivity index (χ0n) is 13.5. The lowest BCUT2D eigenvalue weighted by Gasteiger charge is -2.37. The van der Waals surface area contributed by atoms with Gasteiger partial charge in [0.05, 0.1) is 23.2 Å². The summed E-state index contributed by atoms with van der Waals surface area (Å²) in [5.41, 5.74) is 1.78. The maximum atomic E-state index is 12.3.